The van der Waals surface area contributed by atoms with E-state index in [0.717, 1.165) is 22.6 Å². The number of nitrogens with one attached hydrogen (secondary N) is 1. The first-order chi connectivity index (χ1) is 13.8. The van der Waals surface area contributed by atoms with Crippen LogP contribution in [0.3, 0.4) is 0 Å². The molecule has 0 bridgehead atoms. The molecule has 29 heavy (non-hydrogen) atoms. The number of alkyl halides is 3. The Morgan fingerprint density at radius 3 is 2.45 bits per heavy atom. The molecule has 8 heteroatoms. The zero-order valence-electron chi connectivity index (χ0n) is 14.9. The SMILES string of the molecule is O=[N+]([O-])CC(c1cccs1)c1c(-c2ccccc2)[nH]c2cc(C(F)(F)F)ccc12. The van der Waals surface area contributed by atoms with Gasteiger partial charge in [-0.15, -0.1) is 11.3 Å². The molecule has 0 radical (unpaired) electrons. The Morgan fingerprint density at radius 1 is 1.07 bits per heavy atom. The number of rotatable bonds is 5. The van der Waals surface area contributed by atoms with Gasteiger partial charge in [0.15, 0.2) is 0 Å². The van der Waals surface area contributed by atoms with Gasteiger partial charge in [0.25, 0.3) is 0 Å². The molecule has 2 heterocycles. The van der Waals surface area contributed by atoms with Gasteiger partial charge in [0, 0.05) is 26.3 Å². The van der Waals surface area contributed by atoms with Gasteiger partial charge < -0.3 is 4.98 Å². The normalized spacial score (nSPS) is 12.9. The molecule has 0 fully saturated rings. The van der Waals surface area contributed by atoms with E-state index in [1.807, 2.05) is 47.8 Å². The van der Waals surface area contributed by atoms with Gasteiger partial charge in [0.2, 0.25) is 6.54 Å². The van der Waals surface area contributed by atoms with E-state index < -0.39 is 17.7 Å². The average Bonchev–Trinajstić information content (AvgIpc) is 3.33. The molecule has 0 aliphatic rings. The van der Waals surface area contributed by atoms with E-state index in [1.54, 1.807) is 0 Å². The molecule has 0 amide bonds. The lowest BCUT2D eigenvalue weighted by atomic mass is 9.91. The summed E-state index contributed by atoms with van der Waals surface area (Å²) in [5.41, 5.74) is 1.54. The highest BCUT2D eigenvalue weighted by molar-refractivity contribution is 7.10. The fraction of sp³-hybridized carbons (Fsp3) is 0.143. The monoisotopic (exact) mass is 416 g/mol. The van der Waals surface area contributed by atoms with Gasteiger partial charge in [-0.25, -0.2) is 0 Å². The molecular formula is C21H15F3N2O2S. The summed E-state index contributed by atoms with van der Waals surface area (Å²) in [4.78, 5) is 14.9. The molecule has 0 aliphatic heterocycles. The van der Waals surface area contributed by atoms with Crippen LogP contribution in [0.25, 0.3) is 22.2 Å². The molecule has 2 aromatic carbocycles. The smallest absolute Gasteiger partial charge is 0.354 e. The van der Waals surface area contributed by atoms with Gasteiger partial charge in [-0.05, 0) is 29.1 Å². The van der Waals surface area contributed by atoms with Crippen LogP contribution in [-0.2, 0) is 6.18 Å². The van der Waals surface area contributed by atoms with E-state index in [1.165, 1.54) is 17.4 Å². The van der Waals surface area contributed by atoms with Crippen molar-refractivity contribution in [1.29, 1.82) is 0 Å². The van der Waals surface area contributed by atoms with Crippen molar-refractivity contribution >= 4 is 22.2 Å². The second-order valence-electron chi connectivity index (χ2n) is 6.62. The maximum absolute atomic E-state index is 13.2. The molecule has 2 aromatic heterocycles. The maximum atomic E-state index is 13.2. The Labute approximate surface area is 167 Å². The molecule has 0 aliphatic carbocycles. The zero-order chi connectivity index (χ0) is 20.6. The third-order valence-electron chi connectivity index (χ3n) is 4.80. The fourth-order valence-corrected chi connectivity index (χ4v) is 4.38. The predicted octanol–water partition coefficient (Wildman–Crippen LogP) is 6.32. The van der Waals surface area contributed by atoms with Crippen molar-refractivity contribution in [2.75, 3.05) is 6.54 Å². The van der Waals surface area contributed by atoms with E-state index >= 15 is 0 Å². The Hall–Kier alpha value is -3.13. The Kier molecular flexibility index (Phi) is 4.87. The van der Waals surface area contributed by atoms with E-state index in [-0.39, 0.29) is 11.5 Å². The summed E-state index contributed by atoms with van der Waals surface area (Å²) in [5.74, 6) is -0.578. The van der Waals surface area contributed by atoms with Gasteiger partial charge in [-0.1, -0.05) is 42.5 Å². The number of hydrogen-bond acceptors (Lipinski definition) is 3. The number of fused-ring (bicyclic) bond motifs is 1. The number of nitrogens with zero attached hydrogens (tertiary/aromatic N) is 1. The topological polar surface area (TPSA) is 58.9 Å². The number of H-pyrrole nitrogens is 1. The lowest BCUT2D eigenvalue weighted by Gasteiger charge is -2.14. The predicted molar refractivity (Wildman–Crippen MR) is 107 cm³/mol. The second kappa shape index (κ2) is 7.36. The van der Waals surface area contributed by atoms with Crippen LogP contribution < -0.4 is 0 Å². The molecule has 1 atom stereocenters. The molecule has 148 valence electrons. The zero-order valence-corrected chi connectivity index (χ0v) is 15.8. The van der Waals surface area contributed by atoms with Crippen molar-refractivity contribution in [3.05, 3.63) is 92.2 Å². The van der Waals surface area contributed by atoms with E-state index in [2.05, 4.69) is 4.98 Å². The van der Waals surface area contributed by atoms with Crippen molar-refractivity contribution in [2.45, 2.75) is 12.1 Å². The highest BCUT2D eigenvalue weighted by atomic mass is 32.1. The highest BCUT2D eigenvalue weighted by Crippen LogP contribution is 2.41. The number of thiophene rings is 1. The van der Waals surface area contributed by atoms with Crippen LogP contribution >= 0.6 is 11.3 Å². The van der Waals surface area contributed by atoms with Crippen LogP contribution in [0.5, 0.6) is 0 Å². The van der Waals surface area contributed by atoms with E-state index in [4.69, 9.17) is 0 Å². The largest absolute Gasteiger partial charge is 0.416 e. The summed E-state index contributed by atoms with van der Waals surface area (Å²) in [6, 6.07) is 16.2. The minimum Gasteiger partial charge on any atom is -0.354 e. The summed E-state index contributed by atoms with van der Waals surface area (Å²) in [6.07, 6.45) is -4.47. The lowest BCUT2D eigenvalue weighted by Crippen LogP contribution is -2.13. The molecule has 4 aromatic rings. The van der Waals surface area contributed by atoms with Crippen molar-refractivity contribution < 1.29 is 18.1 Å². The first kappa shape index (κ1) is 19.2. The van der Waals surface area contributed by atoms with Crippen molar-refractivity contribution in [2.24, 2.45) is 0 Å². The number of benzene rings is 2. The first-order valence-corrected chi connectivity index (χ1v) is 9.66. The van der Waals surface area contributed by atoms with E-state index in [0.29, 0.717) is 22.2 Å². The molecule has 0 spiro atoms. The molecule has 0 saturated carbocycles. The number of aromatic nitrogens is 1. The van der Waals surface area contributed by atoms with Gasteiger partial charge in [0.05, 0.1) is 17.2 Å². The standard InChI is InChI=1S/C21H15F3N2O2S/c22-21(23,24)14-8-9-15-17(11-14)25-20(13-5-2-1-3-6-13)19(15)16(12-26(27)28)18-7-4-10-29-18/h1-11,16,25H,12H2. The average molecular weight is 416 g/mol. The molecule has 1 N–H and O–H groups in total. The molecule has 4 rings (SSSR count). The van der Waals surface area contributed by atoms with Crippen LogP contribution in [0.1, 0.15) is 21.9 Å². The van der Waals surface area contributed by atoms with Gasteiger partial charge in [0.1, 0.15) is 0 Å². The molecular weight excluding hydrogens is 401 g/mol. The summed E-state index contributed by atoms with van der Waals surface area (Å²) >= 11 is 1.39. The minimum absolute atomic E-state index is 0.304. The van der Waals surface area contributed by atoms with Crippen LogP contribution in [0.4, 0.5) is 13.2 Å². The summed E-state index contributed by atoms with van der Waals surface area (Å²) in [7, 11) is 0. The van der Waals surface area contributed by atoms with Crippen LogP contribution in [0.2, 0.25) is 0 Å². The van der Waals surface area contributed by atoms with E-state index in [9.17, 15) is 23.3 Å². The van der Waals surface area contributed by atoms with Crippen LogP contribution in [-0.4, -0.2) is 16.5 Å². The summed E-state index contributed by atoms with van der Waals surface area (Å²) < 4.78 is 39.6. The third-order valence-corrected chi connectivity index (χ3v) is 5.78. The van der Waals surface area contributed by atoms with Crippen LogP contribution in [0, 0.1) is 10.1 Å². The fourth-order valence-electron chi connectivity index (χ4n) is 3.55. The number of aromatic amines is 1. The number of nitro groups is 1. The van der Waals surface area contributed by atoms with Gasteiger partial charge in [-0.2, -0.15) is 13.2 Å². The lowest BCUT2D eigenvalue weighted by molar-refractivity contribution is -0.481. The van der Waals surface area contributed by atoms with Gasteiger partial charge in [-0.3, -0.25) is 10.1 Å². The molecule has 1 unspecified atom stereocenters. The Bertz CT molecular complexity index is 1150. The molecule has 4 nitrogen and oxygen atoms in total. The highest BCUT2D eigenvalue weighted by Gasteiger charge is 2.33. The second-order valence-corrected chi connectivity index (χ2v) is 7.60. The summed E-state index contributed by atoms with van der Waals surface area (Å²) in [6.45, 7) is -0.353. The number of halogens is 3. The quantitative estimate of drug-likeness (QED) is 0.306. The minimum atomic E-state index is -4.47. The van der Waals surface area contributed by atoms with Crippen LogP contribution in [0.15, 0.2) is 66.0 Å². The van der Waals surface area contributed by atoms with Crippen molar-refractivity contribution in [1.82, 2.24) is 4.98 Å². The van der Waals surface area contributed by atoms with Crippen molar-refractivity contribution in [3.63, 3.8) is 0 Å². The summed E-state index contributed by atoms with van der Waals surface area (Å²) in [5, 5.41) is 13.8. The first-order valence-electron chi connectivity index (χ1n) is 8.78. The Balaban J connectivity index is 2.00. The van der Waals surface area contributed by atoms with Gasteiger partial charge >= 0.3 is 6.18 Å². The number of hydrogen-bond donors (Lipinski definition) is 1. The van der Waals surface area contributed by atoms with Crippen molar-refractivity contribution in [3.8, 4) is 11.3 Å². The third kappa shape index (κ3) is 3.75. The molecule has 0 saturated heterocycles. The Morgan fingerprint density at radius 2 is 1.83 bits per heavy atom. The maximum Gasteiger partial charge on any atom is 0.416 e.